The number of anilines is 1. The zero-order valence-electron chi connectivity index (χ0n) is 12.3. The number of methoxy groups -OCH3 is 1. The molecule has 4 nitrogen and oxygen atoms in total. The average Bonchev–Trinajstić information content (AvgIpc) is 2.36. The fourth-order valence-electron chi connectivity index (χ4n) is 1.94. The van der Waals surface area contributed by atoms with Crippen LogP contribution in [0.5, 0.6) is 0 Å². The Morgan fingerprint density at radius 2 is 2.11 bits per heavy atom. The number of hydrogen-bond acceptors (Lipinski definition) is 3. The van der Waals surface area contributed by atoms with E-state index in [1.54, 1.807) is 18.1 Å². The second kappa shape index (κ2) is 7.14. The second-order valence-electron chi connectivity index (χ2n) is 5.23. The number of hydrogen-bond donors (Lipinski definition) is 1. The van der Waals surface area contributed by atoms with Crippen LogP contribution in [0.1, 0.15) is 29.8 Å². The Labute approximate surface area is 115 Å². The van der Waals surface area contributed by atoms with Gasteiger partial charge >= 0.3 is 0 Å². The summed E-state index contributed by atoms with van der Waals surface area (Å²) in [7, 11) is 1.64. The van der Waals surface area contributed by atoms with Crippen LogP contribution in [-0.4, -0.2) is 37.6 Å². The SMILES string of the molecule is COCCN(CC(C)C)C(=O)c1cc(C)ccc1N. The maximum atomic E-state index is 12.5. The lowest BCUT2D eigenvalue weighted by Gasteiger charge is -2.25. The first-order valence-corrected chi connectivity index (χ1v) is 6.60. The predicted molar refractivity (Wildman–Crippen MR) is 78.2 cm³/mol. The molecule has 4 heteroatoms. The van der Waals surface area contributed by atoms with Crippen LogP contribution < -0.4 is 5.73 Å². The summed E-state index contributed by atoms with van der Waals surface area (Å²) in [4.78, 5) is 14.4. The molecule has 19 heavy (non-hydrogen) atoms. The van der Waals surface area contributed by atoms with E-state index in [0.717, 1.165) is 5.56 Å². The van der Waals surface area contributed by atoms with Gasteiger partial charge in [-0.05, 0) is 25.0 Å². The molecular weight excluding hydrogens is 240 g/mol. The Kier molecular flexibility index (Phi) is 5.83. The number of ether oxygens (including phenoxy) is 1. The minimum absolute atomic E-state index is 0.0213. The van der Waals surface area contributed by atoms with E-state index >= 15 is 0 Å². The van der Waals surface area contributed by atoms with E-state index in [0.29, 0.717) is 36.9 Å². The molecule has 0 atom stereocenters. The van der Waals surface area contributed by atoms with Crippen LogP contribution in [-0.2, 0) is 4.74 Å². The van der Waals surface area contributed by atoms with E-state index in [9.17, 15) is 4.79 Å². The maximum absolute atomic E-state index is 12.5. The van der Waals surface area contributed by atoms with Crippen molar-refractivity contribution in [3.63, 3.8) is 0 Å². The molecule has 0 aliphatic heterocycles. The molecule has 0 fully saturated rings. The van der Waals surface area contributed by atoms with Crippen LogP contribution in [0.4, 0.5) is 5.69 Å². The van der Waals surface area contributed by atoms with Gasteiger partial charge in [-0.2, -0.15) is 0 Å². The molecule has 106 valence electrons. The molecule has 2 N–H and O–H groups in total. The lowest BCUT2D eigenvalue weighted by Crippen LogP contribution is -2.37. The number of nitrogens with zero attached hydrogens (tertiary/aromatic N) is 1. The largest absolute Gasteiger partial charge is 0.398 e. The van der Waals surface area contributed by atoms with E-state index in [2.05, 4.69) is 13.8 Å². The molecule has 0 heterocycles. The zero-order chi connectivity index (χ0) is 14.4. The van der Waals surface area contributed by atoms with E-state index in [4.69, 9.17) is 10.5 Å². The lowest BCUT2D eigenvalue weighted by molar-refractivity contribution is 0.0673. The minimum atomic E-state index is -0.0213. The minimum Gasteiger partial charge on any atom is -0.398 e. The topological polar surface area (TPSA) is 55.6 Å². The highest BCUT2D eigenvalue weighted by molar-refractivity contribution is 5.99. The van der Waals surface area contributed by atoms with Crippen molar-refractivity contribution in [2.24, 2.45) is 5.92 Å². The Bertz CT molecular complexity index is 430. The number of nitrogens with two attached hydrogens (primary N) is 1. The van der Waals surface area contributed by atoms with Crippen LogP contribution in [0.2, 0.25) is 0 Å². The van der Waals surface area contributed by atoms with Crippen molar-refractivity contribution in [3.05, 3.63) is 29.3 Å². The molecule has 0 unspecified atom stereocenters. The summed E-state index contributed by atoms with van der Waals surface area (Å²) >= 11 is 0. The Balaban J connectivity index is 2.93. The number of rotatable bonds is 6. The fourth-order valence-corrected chi connectivity index (χ4v) is 1.94. The molecular formula is C15H24N2O2. The highest BCUT2D eigenvalue weighted by atomic mass is 16.5. The van der Waals surface area contributed by atoms with Crippen molar-refractivity contribution in [3.8, 4) is 0 Å². The monoisotopic (exact) mass is 264 g/mol. The number of amides is 1. The summed E-state index contributed by atoms with van der Waals surface area (Å²) in [5.74, 6) is 0.388. The first kappa shape index (κ1) is 15.5. The third-order valence-electron chi connectivity index (χ3n) is 2.88. The van der Waals surface area contributed by atoms with Crippen LogP contribution in [0, 0.1) is 12.8 Å². The smallest absolute Gasteiger partial charge is 0.256 e. The third kappa shape index (κ3) is 4.56. The van der Waals surface area contributed by atoms with Gasteiger partial charge in [-0.15, -0.1) is 0 Å². The van der Waals surface area contributed by atoms with Crippen molar-refractivity contribution >= 4 is 11.6 Å². The van der Waals surface area contributed by atoms with Gasteiger partial charge in [-0.25, -0.2) is 0 Å². The molecule has 1 aromatic rings. The molecule has 1 aromatic carbocycles. The second-order valence-corrected chi connectivity index (χ2v) is 5.23. The van der Waals surface area contributed by atoms with Crippen LogP contribution >= 0.6 is 0 Å². The van der Waals surface area contributed by atoms with Crippen molar-refractivity contribution in [2.45, 2.75) is 20.8 Å². The zero-order valence-corrected chi connectivity index (χ0v) is 12.3. The summed E-state index contributed by atoms with van der Waals surface area (Å²) in [6.45, 7) is 7.96. The normalized spacial score (nSPS) is 10.8. The van der Waals surface area contributed by atoms with Crippen LogP contribution in [0.15, 0.2) is 18.2 Å². The van der Waals surface area contributed by atoms with Crippen LogP contribution in [0.3, 0.4) is 0 Å². The molecule has 0 saturated heterocycles. The van der Waals surface area contributed by atoms with Crippen molar-refractivity contribution in [1.29, 1.82) is 0 Å². The number of nitrogen functional groups attached to an aromatic ring is 1. The van der Waals surface area contributed by atoms with Crippen molar-refractivity contribution < 1.29 is 9.53 Å². The van der Waals surface area contributed by atoms with Gasteiger partial charge in [0, 0.05) is 25.9 Å². The number of carbonyl (C=O) groups excluding carboxylic acids is 1. The van der Waals surface area contributed by atoms with E-state index in [-0.39, 0.29) is 5.91 Å². The Morgan fingerprint density at radius 1 is 1.42 bits per heavy atom. The maximum Gasteiger partial charge on any atom is 0.256 e. The summed E-state index contributed by atoms with van der Waals surface area (Å²) in [5.41, 5.74) is 8.05. The quantitative estimate of drug-likeness (QED) is 0.802. The van der Waals surface area contributed by atoms with Gasteiger partial charge in [-0.3, -0.25) is 4.79 Å². The van der Waals surface area contributed by atoms with Gasteiger partial charge in [0.25, 0.3) is 5.91 Å². The highest BCUT2D eigenvalue weighted by Gasteiger charge is 2.18. The highest BCUT2D eigenvalue weighted by Crippen LogP contribution is 2.17. The predicted octanol–water partition coefficient (Wildman–Crippen LogP) is 2.32. The fraction of sp³-hybridized carbons (Fsp3) is 0.533. The van der Waals surface area contributed by atoms with Gasteiger partial charge < -0.3 is 15.4 Å². The Hall–Kier alpha value is -1.55. The summed E-state index contributed by atoms with van der Waals surface area (Å²) in [6.07, 6.45) is 0. The molecule has 0 bridgehead atoms. The van der Waals surface area contributed by atoms with Gasteiger partial charge in [0.05, 0.1) is 12.2 Å². The van der Waals surface area contributed by atoms with Crippen molar-refractivity contribution in [2.75, 3.05) is 32.5 Å². The summed E-state index contributed by atoms with van der Waals surface area (Å²) in [6, 6.07) is 5.54. The standard InChI is InChI=1S/C15H24N2O2/c1-11(2)10-17(7-8-19-4)15(18)13-9-12(3)5-6-14(13)16/h5-6,9,11H,7-8,10,16H2,1-4H3. The molecule has 0 saturated carbocycles. The van der Waals surface area contributed by atoms with E-state index in [1.165, 1.54) is 0 Å². The van der Waals surface area contributed by atoms with E-state index in [1.807, 2.05) is 19.1 Å². The molecule has 0 spiro atoms. The van der Waals surface area contributed by atoms with E-state index < -0.39 is 0 Å². The molecule has 0 aliphatic rings. The first-order valence-electron chi connectivity index (χ1n) is 6.60. The van der Waals surface area contributed by atoms with Gasteiger partial charge in [0.15, 0.2) is 0 Å². The average molecular weight is 264 g/mol. The molecule has 0 aromatic heterocycles. The Morgan fingerprint density at radius 3 is 2.68 bits per heavy atom. The van der Waals surface area contributed by atoms with Gasteiger partial charge in [0.2, 0.25) is 0 Å². The third-order valence-corrected chi connectivity index (χ3v) is 2.88. The molecule has 1 amide bonds. The molecule has 0 aliphatic carbocycles. The van der Waals surface area contributed by atoms with Crippen LogP contribution in [0.25, 0.3) is 0 Å². The van der Waals surface area contributed by atoms with Gasteiger partial charge in [-0.1, -0.05) is 25.5 Å². The lowest BCUT2D eigenvalue weighted by atomic mass is 10.1. The first-order chi connectivity index (χ1) is 8.95. The van der Waals surface area contributed by atoms with Crippen molar-refractivity contribution in [1.82, 2.24) is 4.90 Å². The number of carbonyl (C=O) groups is 1. The summed E-state index contributed by atoms with van der Waals surface area (Å²) < 4.78 is 5.07. The molecule has 0 radical (unpaired) electrons. The number of aryl methyl sites for hydroxylation is 1. The summed E-state index contributed by atoms with van der Waals surface area (Å²) in [5, 5.41) is 0. The molecule has 1 rings (SSSR count). The van der Waals surface area contributed by atoms with Gasteiger partial charge in [0.1, 0.15) is 0 Å². The number of benzene rings is 1.